The third-order valence-electron chi connectivity index (χ3n) is 2.91. The Balaban J connectivity index is 2.20. The van der Waals surface area contributed by atoms with Crippen LogP contribution in [0.1, 0.15) is 28.6 Å². The summed E-state index contributed by atoms with van der Waals surface area (Å²) in [6.45, 7) is 4.10. The summed E-state index contributed by atoms with van der Waals surface area (Å²) >= 11 is 6.62. The molecule has 0 saturated carbocycles. The van der Waals surface area contributed by atoms with Crippen molar-refractivity contribution in [1.82, 2.24) is 0 Å². The lowest BCUT2D eigenvalue weighted by Crippen LogP contribution is -2.02. The van der Waals surface area contributed by atoms with Crippen LogP contribution in [0.5, 0.6) is 0 Å². The molecule has 0 bridgehead atoms. The van der Waals surface area contributed by atoms with Gasteiger partial charge in [0.1, 0.15) is 11.9 Å². The maximum Gasteiger partial charge on any atom is 0.183 e. The molecule has 0 aliphatic carbocycles. The minimum absolute atomic E-state index is 0.555. The molecule has 18 heavy (non-hydrogen) atoms. The molecule has 0 aliphatic heterocycles. The highest BCUT2D eigenvalue weighted by atomic mass is 79.9. The molecule has 1 N–H and O–H groups in total. The molecule has 96 valence electrons. The molecule has 1 aromatic carbocycles. The van der Waals surface area contributed by atoms with E-state index in [2.05, 4.69) is 63.9 Å². The van der Waals surface area contributed by atoms with E-state index in [1.807, 2.05) is 0 Å². The summed E-state index contributed by atoms with van der Waals surface area (Å²) < 4.78 is 6.86. The molecule has 0 spiro atoms. The largest absolute Gasteiger partial charge is 0.450 e. The highest BCUT2D eigenvalue weighted by molar-refractivity contribution is 9.13. The molecule has 2 nitrogen and oxygen atoms in total. The van der Waals surface area contributed by atoms with Crippen molar-refractivity contribution >= 4 is 31.9 Å². The number of rotatable bonds is 3. The number of furan rings is 1. The molecular weight excluding hydrogens is 360 g/mol. The van der Waals surface area contributed by atoms with Crippen molar-refractivity contribution in [3.05, 3.63) is 55.9 Å². The number of aryl methyl sites for hydroxylation is 2. The fourth-order valence-electron chi connectivity index (χ4n) is 1.86. The Hall–Kier alpha value is -0.580. The summed E-state index contributed by atoms with van der Waals surface area (Å²) in [4.78, 5) is 0. The van der Waals surface area contributed by atoms with Crippen LogP contribution in [0.2, 0.25) is 0 Å². The van der Waals surface area contributed by atoms with E-state index >= 15 is 0 Å². The van der Waals surface area contributed by atoms with E-state index in [0.29, 0.717) is 16.9 Å². The van der Waals surface area contributed by atoms with Crippen molar-refractivity contribution in [2.24, 2.45) is 0 Å². The Labute approximate surface area is 123 Å². The lowest BCUT2D eigenvalue weighted by molar-refractivity contribution is 0.148. The van der Waals surface area contributed by atoms with Crippen LogP contribution in [0.3, 0.4) is 0 Å². The van der Waals surface area contributed by atoms with Gasteiger partial charge in [-0.05, 0) is 62.9 Å². The minimum Gasteiger partial charge on any atom is -0.450 e. The van der Waals surface area contributed by atoms with Crippen molar-refractivity contribution in [2.45, 2.75) is 26.4 Å². The van der Waals surface area contributed by atoms with E-state index in [-0.39, 0.29) is 0 Å². The predicted molar refractivity (Wildman–Crippen MR) is 78.7 cm³/mol. The van der Waals surface area contributed by atoms with Crippen LogP contribution >= 0.6 is 31.9 Å². The molecule has 2 rings (SSSR count). The fourth-order valence-corrected chi connectivity index (χ4v) is 2.46. The van der Waals surface area contributed by atoms with Crippen LogP contribution in [-0.2, 0) is 6.42 Å². The molecule has 4 heteroatoms. The van der Waals surface area contributed by atoms with Gasteiger partial charge in [0.2, 0.25) is 0 Å². The van der Waals surface area contributed by atoms with Gasteiger partial charge in [0, 0.05) is 6.42 Å². The number of hydrogen-bond acceptors (Lipinski definition) is 2. The van der Waals surface area contributed by atoms with Crippen LogP contribution in [0.4, 0.5) is 0 Å². The maximum atomic E-state index is 10.2. The zero-order valence-corrected chi connectivity index (χ0v) is 13.4. The minimum atomic E-state index is -0.631. The van der Waals surface area contributed by atoms with Gasteiger partial charge in [0.15, 0.2) is 4.67 Å². The Morgan fingerprint density at radius 3 is 2.56 bits per heavy atom. The molecular formula is C14H14Br2O2. The Kier molecular flexibility index (Phi) is 4.30. The molecule has 1 atom stereocenters. The van der Waals surface area contributed by atoms with Crippen molar-refractivity contribution < 1.29 is 9.52 Å². The molecule has 0 fully saturated rings. The van der Waals surface area contributed by atoms with Gasteiger partial charge in [0.25, 0.3) is 0 Å². The Morgan fingerprint density at radius 1 is 1.22 bits per heavy atom. The van der Waals surface area contributed by atoms with Crippen molar-refractivity contribution in [3.63, 3.8) is 0 Å². The lowest BCUT2D eigenvalue weighted by Gasteiger charge is -2.11. The molecule has 0 aliphatic rings. The van der Waals surface area contributed by atoms with Crippen LogP contribution < -0.4 is 0 Å². The van der Waals surface area contributed by atoms with E-state index in [1.54, 1.807) is 6.07 Å². The van der Waals surface area contributed by atoms with Crippen molar-refractivity contribution in [3.8, 4) is 0 Å². The topological polar surface area (TPSA) is 33.4 Å². The van der Waals surface area contributed by atoms with E-state index < -0.39 is 6.10 Å². The number of hydrogen-bond donors (Lipinski definition) is 1. The zero-order valence-electron chi connectivity index (χ0n) is 10.2. The predicted octanol–water partition coefficient (Wildman–Crippen LogP) is 4.70. The SMILES string of the molecule is Cc1ccc(C)c(CC(O)c2cc(Br)c(Br)o2)c1. The van der Waals surface area contributed by atoms with Crippen LogP contribution in [-0.4, -0.2) is 5.11 Å². The van der Waals surface area contributed by atoms with E-state index in [0.717, 1.165) is 10.0 Å². The smallest absolute Gasteiger partial charge is 0.183 e. The van der Waals surface area contributed by atoms with Crippen LogP contribution in [0.15, 0.2) is 37.8 Å². The number of halogens is 2. The number of aliphatic hydroxyl groups is 1. The molecule has 2 aromatic rings. The summed E-state index contributed by atoms with van der Waals surface area (Å²) in [5.41, 5.74) is 3.53. The zero-order chi connectivity index (χ0) is 13.3. The van der Waals surface area contributed by atoms with Crippen molar-refractivity contribution in [1.29, 1.82) is 0 Å². The normalized spacial score (nSPS) is 12.7. The van der Waals surface area contributed by atoms with Gasteiger partial charge < -0.3 is 9.52 Å². The summed E-state index contributed by atoms with van der Waals surface area (Å²) in [5, 5.41) is 10.2. The molecule has 1 heterocycles. The Morgan fingerprint density at radius 2 is 1.94 bits per heavy atom. The second-order valence-electron chi connectivity index (χ2n) is 4.42. The third-order valence-corrected chi connectivity index (χ3v) is 4.62. The average molecular weight is 374 g/mol. The summed E-state index contributed by atoms with van der Waals surface area (Å²) in [6.07, 6.45) is -0.0759. The van der Waals surface area contributed by atoms with Crippen LogP contribution in [0.25, 0.3) is 0 Å². The highest BCUT2D eigenvalue weighted by Gasteiger charge is 2.16. The molecule has 0 radical (unpaired) electrons. The van der Waals surface area contributed by atoms with Crippen LogP contribution in [0, 0.1) is 13.8 Å². The Bertz CT molecular complexity index is 541. The third kappa shape index (κ3) is 3.05. The molecule has 0 amide bonds. The number of benzene rings is 1. The highest BCUT2D eigenvalue weighted by Crippen LogP contribution is 2.31. The fraction of sp³-hybridized carbons (Fsp3) is 0.286. The van der Waals surface area contributed by atoms with Gasteiger partial charge in [0.05, 0.1) is 4.47 Å². The van der Waals surface area contributed by atoms with Gasteiger partial charge in [-0.15, -0.1) is 0 Å². The van der Waals surface area contributed by atoms with Gasteiger partial charge in [-0.1, -0.05) is 23.8 Å². The maximum absolute atomic E-state index is 10.2. The quantitative estimate of drug-likeness (QED) is 0.845. The lowest BCUT2D eigenvalue weighted by atomic mass is 9.99. The standard InChI is InChI=1S/C14H14Br2O2/c1-8-3-4-9(2)10(5-8)6-12(17)13-7-11(15)14(16)18-13/h3-5,7,12,17H,6H2,1-2H3. The summed E-state index contributed by atoms with van der Waals surface area (Å²) in [5.74, 6) is 0.564. The van der Waals surface area contributed by atoms with Gasteiger partial charge in [-0.3, -0.25) is 0 Å². The molecule has 1 aromatic heterocycles. The van der Waals surface area contributed by atoms with Crippen molar-refractivity contribution in [2.75, 3.05) is 0 Å². The first kappa shape index (κ1) is 13.8. The van der Waals surface area contributed by atoms with E-state index in [1.165, 1.54) is 11.1 Å². The van der Waals surface area contributed by atoms with Gasteiger partial charge in [-0.2, -0.15) is 0 Å². The first-order valence-electron chi connectivity index (χ1n) is 5.66. The second-order valence-corrected chi connectivity index (χ2v) is 5.99. The summed E-state index contributed by atoms with van der Waals surface area (Å²) in [7, 11) is 0. The average Bonchev–Trinajstić information content (AvgIpc) is 2.64. The molecule has 1 unspecified atom stereocenters. The van der Waals surface area contributed by atoms with E-state index in [9.17, 15) is 5.11 Å². The second kappa shape index (κ2) is 5.59. The monoisotopic (exact) mass is 372 g/mol. The summed E-state index contributed by atoms with van der Waals surface area (Å²) in [6, 6.07) is 8.04. The first-order chi connectivity index (χ1) is 8.47. The molecule has 0 saturated heterocycles. The van der Waals surface area contributed by atoms with E-state index in [4.69, 9.17) is 4.42 Å². The first-order valence-corrected chi connectivity index (χ1v) is 7.25. The van der Waals surface area contributed by atoms with Gasteiger partial charge >= 0.3 is 0 Å². The number of aliphatic hydroxyl groups excluding tert-OH is 1. The van der Waals surface area contributed by atoms with Gasteiger partial charge in [-0.25, -0.2) is 0 Å².